The third-order valence-corrected chi connectivity index (χ3v) is 5.79. The van der Waals surface area contributed by atoms with E-state index in [4.69, 9.17) is 0 Å². The van der Waals surface area contributed by atoms with Gasteiger partial charge in [0.1, 0.15) is 5.01 Å². The molecule has 26 heavy (non-hydrogen) atoms. The number of carbonyl (C=O) groups excluding carboxylic acids is 2. The molecular formula is C19H24N4O2S. The fraction of sp³-hybridized carbons (Fsp3) is 0.474. The van der Waals surface area contributed by atoms with Crippen molar-refractivity contribution in [3.63, 3.8) is 0 Å². The standard InChI is InChI=1S/C19H24N4O2S/c1-4-7-13(3)18-21-22-19(26-18)20-17(25)14-10-16(24)23(11-14)15-9-6-5-8-12(15)2/h5-6,8-9,13-14H,4,7,10-11H2,1-3H3,(H,20,22,25)/t13-,14-/m1/s1. The van der Waals surface area contributed by atoms with Crippen LogP contribution in [-0.4, -0.2) is 28.6 Å². The number of anilines is 2. The van der Waals surface area contributed by atoms with Crippen LogP contribution in [0.4, 0.5) is 10.8 Å². The van der Waals surface area contributed by atoms with Crippen LogP contribution in [0.5, 0.6) is 0 Å². The molecule has 1 N–H and O–H groups in total. The van der Waals surface area contributed by atoms with Gasteiger partial charge in [0, 0.05) is 24.6 Å². The Balaban J connectivity index is 1.64. The molecule has 1 aliphatic rings. The molecule has 0 bridgehead atoms. The van der Waals surface area contributed by atoms with Crippen molar-refractivity contribution in [3.8, 4) is 0 Å². The number of hydrogen-bond donors (Lipinski definition) is 1. The number of nitrogens with one attached hydrogen (secondary N) is 1. The van der Waals surface area contributed by atoms with Crippen LogP contribution in [0.1, 0.15) is 49.6 Å². The Bertz CT molecular complexity index is 804. The van der Waals surface area contributed by atoms with Crippen molar-refractivity contribution in [2.45, 2.75) is 46.0 Å². The highest BCUT2D eigenvalue weighted by molar-refractivity contribution is 7.15. The molecule has 3 rings (SSSR count). The lowest BCUT2D eigenvalue weighted by molar-refractivity contribution is -0.122. The number of rotatable bonds is 6. The van der Waals surface area contributed by atoms with Gasteiger partial charge in [-0.3, -0.25) is 9.59 Å². The van der Waals surface area contributed by atoms with Crippen molar-refractivity contribution < 1.29 is 9.59 Å². The minimum atomic E-state index is -0.373. The molecule has 2 aromatic rings. The average Bonchev–Trinajstić information content (AvgIpc) is 3.22. The van der Waals surface area contributed by atoms with Crippen LogP contribution in [0.2, 0.25) is 0 Å². The van der Waals surface area contributed by atoms with E-state index in [1.165, 1.54) is 11.3 Å². The number of carbonyl (C=O) groups is 2. The molecule has 0 unspecified atom stereocenters. The predicted molar refractivity (Wildman–Crippen MR) is 104 cm³/mol. The molecule has 2 heterocycles. The van der Waals surface area contributed by atoms with E-state index in [-0.39, 0.29) is 24.2 Å². The maximum atomic E-state index is 12.6. The minimum absolute atomic E-state index is 0.0195. The fourth-order valence-electron chi connectivity index (χ4n) is 3.23. The smallest absolute Gasteiger partial charge is 0.231 e. The van der Waals surface area contributed by atoms with Gasteiger partial charge in [-0.05, 0) is 25.0 Å². The summed E-state index contributed by atoms with van der Waals surface area (Å²) >= 11 is 1.42. The lowest BCUT2D eigenvalue weighted by Crippen LogP contribution is -2.28. The molecular weight excluding hydrogens is 348 g/mol. The first-order valence-electron chi connectivity index (χ1n) is 8.99. The second-order valence-electron chi connectivity index (χ2n) is 6.82. The highest BCUT2D eigenvalue weighted by Crippen LogP contribution is 2.30. The summed E-state index contributed by atoms with van der Waals surface area (Å²) in [6.07, 6.45) is 2.35. The molecule has 1 saturated heterocycles. The lowest BCUT2D eigenvalue weighted by Gasteiger charge is -2.18. The summed E-state index contributed by atoms with van der Waals surface area (Å²) in [5, 5.41) is 12.5. The first kappa shape index (κ1) is 18.5. The van der Waals surface area contributed by atoms with Gasteiger partial charge in [-0.15, -0.1) is 10.2 Å². The van der Waals surface area contributed by atoms with Crippen molar-refractivity contribution in [3.05, 3.63) is 34.8 Å². The van der Waals surface area contributed by atoms with Crippen LogP contribution in [0.15, 0.2) is 24.3 Å². The third kappa shape index (κ3) is 3.93. The Morgan fingerprint density at radius 1 is 1.38 bits per heavy atom. The van der Waals surface area contributed by atoms with E-state index in [9.17, 15) is 9.59 Å². The second kappa shape index (κ2) is 7.95. The molecule has 2 amide bonds. The maximum absolute atomic E-state index is 12.6. The van der Waals surface area contributed by atoms with E-state index in [0.29, 0.717) is 17.6 Å². The van der Waals surface area contributed by atoms with Gasteiger partial charge >= 0.3 is 0 Å². The van der Waals surface area contributed by atoms with Crippen molar-refractivity contribution >= 4 is 34.0 Å². The molecule has 1 aromatic carbocycles. The zero-order valence-corrected chi connectivity index (χ0v) is 16.2. The Morgan fingerprint density at radius 3 is 2.88 bits per heavy atom. The summed E-state index contributed by atoms with van der Waals surface area (Å²) in [6, 6.07) is 7.73. The highest BCUT2D eigenvalue weighted by Gasteiger charge is 2.36. The molecule has 6 nitrogen and oxygen atoms in total. The number of nitrogens with zero attached hydrogens (tertiary/aromatic N) is 3. The van der Waals surface area contributed by atoms with Crippen LogP contribution in [0, 0.1) is 12.8 Å². The normalized spacial score (nSPS) is 18.2. The van der Waals surface area contributed by atoms with E-state index in [2.05, 4.69) is 29.4 Å². The SMILES string of the molecule is CCC[C@@H](C)c1nnc(NC(=O)[C@@H]2CC(=O)N(c3ccccc3C)C2)s1. The van der Waals surface area contributed by atoms with Gasteiger partial charge in [0.25, 0.3) is 0 Å². The van der Waals surface area contributed by atoms with Gasteiger partial charge in [-0.25, -0.2) is 0 Å². The predicted octanol–water partition coefficient (Wildman–Crippen LogP) is 3.74. The first-order chi connectivity index (χ1) is 12.5. The summed E-state index contributed by atoms with van der Waals surface area (Å²) in [4.78, 5) is 26.7. The maximum Gasteiger partial charge on any atom is 0.231 e. The summed E-state index contributed by atoms with van der Waals surface area (Å²) in [5.74, 6) is -0.218. The van der Waals surface area contributed by atoms with E-state index in [1.54, 1.807) is 4.90 Å². The number of hydrogen-bond acceptors (Lipinski definition) is 5. The average molecular weight is 372 g/mol. The molecule has 138 valence electrons. The molecule has 0 radical (unpaired) electrons. The van der Waals surface area contributed by atoms with Crippen molar-refractivity contribution in [2.75, 3.05) is 16.8 Å². The summed E-state index contributed by atoms with van der Waals surface area (Å²) in [6.45, 7) is 6.62. The second-order valence-corrected chi connectivity index (χ2v) is 7.83. The molecule has 0 aliphatic carbocycles. The number of amides is 2. The Hall–Kier alpha value is -2.28. The van der Waals surface area contributed by atoms with Crippen LogP contribution in [0.3, 0.4) is 0 Å². The molecule has 1 aromatic heterocycles. The van der Waals surface area contributed by atoms with Gasteiger partial charge in [-0.1, -0.05) is 49.8 Å². The summed E-state index contributed by atoms with van der Waals surface area (Å²) in [5.41, 5.74) is 1.90. The van der Waals surface area contributed by atoms with Crippen LogP contribution in [-0.2, 0) is 9.59 Å². The van der Waals surface area contributed by atoms with Gasteiger partial charge in [0.2, 0.25) is 16.9 Å². The van der Waals surface area contributed by atoms with E-state index >= 15 is 0 Å². The largest absolute Gasteiger partial charge is 0.311 e. The number of para-hydroxylation sites is 1. The zero-order chi connectivity index (χ0) is 18.7. The highest BCUT2D eigenvalue weighted by atomic mass is 32.1. The lowest BCUT2D eigenvalue weighted by atomic mass is 10.1. The zero-order valence-electron chi connectivity index (χ0n) is 15.4. The molecule has 1 fully saturated rings. The van der Waals surface area contributed by atoms with Crippen LogP contribution >= 0.6 is 11.3 Å². The molecule has 0 spiro atoms. The first-order valence-corrected chi connectivity index (χ1v) is 9.81. The van der Waals surface area contributed by atoms with E-state index < -0.39 is 0 Å². The van der Waals surface area contributed by atoms with Crippen molar-refractivity contribution in [2.24, 2.45) is 5.92 Å². The van der Waals surface area contributed by atoms with E-state index in [1.807, 2.05) is 31.2 Å². The van der Waals surface area contributed by atoms with Gasteiger partial charge < -0.3 is 10.2 Å². The molecule has 1 aliphatic heterocycles. The Kier molecular flexibility index (Phi) is 5.66. The fourth-order valence-corrected chi connectivity index (χ4v) is 4.06. The molecule has 7 heteroatoms. The third-order valence-electron chi connectivity index (χ3n) is 4.72. The molecule has 0 saturated carbocycles. The minimum Gasteiger partial charge on any atom is -0.311 e. The van der Waals surface area contributed by atoms with Crippen LogP contribution in [0.25, 0.3) is 0 Å². The quantitative estimate of drug-likeness (QED) is 0.838. The van der Waals surface area contributed by atoms with E-state index in [0.717, 1.165) is 29.1 Å². The van der Waals surface area contributed by atoms with Crippen molar-refractivity contribution in [1.82, 2.24) is 10.2 Å². The Labute approximate surface area is 157 Å². The number of aromatic nitrogens is 2. The van der Waals surface area contributed by atoms with Gasteiger partial charge in [0.05, 0.1) is 5.92 Å². The molecule has 2 atom stereocenters. The summed E-state index contributed by atoms with van der Waals surface area (Å²) in [7, 11) is 0. The number of aryl methyl sites for hydroxylation is 1. The van der Waals surface area contributed by atoms with Gasteiger partial charge in [0.15, 0.2) is 0 Å². The monoisotopic (exact) mass is 372 g/mol. The number of benzene rings is 1. The van der Waals surface area contributed by atoms with Crippen LogP contribution < -0.4 is 10.2 Å². The topological polar surface area (TPSA) is 75.2 Å². The summed E-state index contributed by atoms with van der Waals surface area (Å²) < 4.78 is 0. The Morgan fingerprint density at radius 2 is 2.15 bits per heavy atom. The van der Waals surface area contributed by atoms with Gasteiger partial charge in [-0.2, -0.15) is 0 Å². The van der Waals surface area contributed by atoms with Crippen molar-refractivity contribution in [1.29, 1.82) is 0 Å².